The van der Waals surface area contributed by atoms with Crippen LogP contribution in [0.2, 0.25) is 0 Å². The number of phenolic OH excluding ortho intramolecular Hbond substituents is 1. The average Bonchev–Trinajstić information content (AvgIpc) is 2.71. The van der Waals surface area contributed by atoms with Crippen LogP contribution in [-0.2, 0) is 12.8 Å². The molecule has 0 unspecified atom stereocenters. The average molecular weight is 366 g/mol. The lowest BCUT2D eigenvalue weighted by molar-refractivity contribution is 0.470. The molecule has 136 valence electrons. The zero-order valence-corrected chi connectivity index (χ0v) is 15.3. The van der Waals surface area contributed by atoms with Crippen molar-refractivity contribution in [2.24, 2.45) is 0 Å². The number of fused-ring (bicyclic) bond motifs is 1. The van der Waals surface area contributed by atoms with Crippen molar-refractivity contribution >= 4 is 10.8 Å². The molecule has 0 saturated heterocycles. The number of rotatable bonds is 3. The molecule has 4 aromatic carbocycles. The molecule has 0 atom stereocenters. The Labute approximate surface area is 164 Å². The monoisotopic (exact) mass is 366 g/mol. The van der Waals surface area contributed by atoms with Crippen LogP contribution in [0.4, 0.5) is 4.39 Å². The number of aromatic hydroxyl groups is 1. The minimum Gasteiger partial charge on any atom is -0.508 e. The van der Waals surface area contributed by atoms with Gasteiger partial charge in [0.15, 0.2) is 0 Å². The first-order chi connectivity index (χ1) is 13.7. The molecule has 2 heteroatoms. The van der Waals surface area contributed by atoms with Gasteiger partial charge in [0, 0.05) is 18.4 Å². The summed E-state index contributed by atoms with van der Waals surface area (Å²) in [6.45, 7) is 0. The van der Waals surface area contributed by atoms with Crippen LogP contribution in [0.1, 0.15) is 22.3 Å². The minimum atomic E-state index is -0.235. The predicted octanol–water partition coefficient (Wildman–Crippen LogP) is 5.87. The second kappa shape index (κ2) is 7.98. The van der Waals surface area contributed by atoms with E-state index in [4.69, 9.17) is 0 Å². The van der Waals surface area contributed by atoms with E-state index in [1.807, 2.05) is 48.5 Å². The SMILES string of the molecule is Oc1cc2ccc(C#CCc3ccc(F)cc3)cc2cc1Cc1ccccc1. The van der Waals surface area contributed by atoms with E-state index in [0.717, 1.165) is 33.0 Å². The van der Waals surface area contributed by atoms with E-state index in [-0.39, 0.29) is 5.82 Å². The molecule has 4 rings (SSSR count). The van der Waals surface area contributed by atoms with E-state index in [2.05, 4.69) is 24.0 Å². The van der Waals surface area contributed by atoms with E-state index < -0.39 is 0 Å². The number of hydrogen-bond donors (Lipinski definition) is 1. The van der Waals surface area contributed by atoms with Gasteiger partial charge in [-0.2, -0.15) is 0 Å². The summed E-state index contributed by atoms with van der Waals surface area (Å²) in [6.07, 6.45) is 1.26. The molecule has 0 bridgehead atoms. The summed E-state index contributed by atoms with van der Waals surface area (Å²) in [7, 11) is 0. The standard InChI is InChI=1S/C26H19FO/c27-25-13-10-19(11-14-25)7-4-8-21-9-12-22-18-26(28)24(17-23(22)15-21)16-20-5-2-1-3-6-20/h1-3,5-6,9-15,17-18,28H,7,16H2. The molecule has 0 heterocycles. The fourth-order valence-electron chi connectivity index (χ4n) is 3.22. The second-order valence-corrected chi connectivity index (χ2v) is 6.81. The van der Waals surface area contributed by atoms with Crippen LogP contribution < -0.4 is 0 Å². The Kier molecular flexibility index (Phi) is 5.08. The van der Waals surface area contributed by atoms with E-state index >= 15 is 0 Å². The summed E-state index contributed by atoms with van der Waals surface area (Å²) in [6, 6.07) is 26.3. The Hall–Kier alpha value is -3.57. The Balaban J connectivity index is 1.58. The zero-order valence-electron chi connectivity index (χ0n) is 15.3. The van der Waals surface area contributed by atoms with Gasteiger partial charge in [-0.25, -0.2) is 4.39 Å². The molecule has 0 saturated carbocycles. The highest BCUT2D eigenvalue weighted by Crippen LogP contribution is 2.27. The van der Waals surface area contributed by atoms with Crippen LogP contribution in [0.5, 0.6) is 5.75 Å². The largest absolute Gasteiger partial charge is 0.508 e. The third-order valence-electron chi connectivity index (χ3n) is 4.71. The molecule has 0 aromatic heterocycles. The Morgan fingerprint density at radius 1 is 0.750 bits per heavy atom. The quantitative estimate of drug-likeness (QED) is 0.450. The van der Waals surface area contributed by atoms with Gasteiger partial charge in [-0.3, -0.25) is 0 Å². The van der Waals surface area contributed by atoms with Crippen molar-refractivity contribution in [3.8, 4) is 17.6 Å². The predicted molar refractivity (Wildman–Crippen MR) is 112 cm³/mol. The van der Waals surface area contributed by atoms with Crippen molar-refractivity contribution in [3.05, 3.63) is 113 Å². The highest BCUT2D eigenvalue weighted by molar-refractivity contribution is 5.86. The number of benzene rings is 4. The highest BCUT2D eigenvalue weighted by atomic mass is 19.1. The van der Waals surface area contributed by atoms with Gasteiger partial charge in [0.25, 0.3) is 0 Å². The summed E-state index contributed by atoms with van der Waals surface area (Å²) in [4.78, 5) is 0. The van der Waals surface area contributed by atoms with Crippen LogP contribution in [-0.4, -0.2) is 5.11 Å². The lowest BCUT2D eigenvalue weighted by Crippen LogP contribution is -1.89. The molecule has 0 spiro atoms. The molecule has 1 N–H and O–H groups in total. The van der Waals surface area contributed by atoms with Gasteiger partial charge in [-0.1, -0.05) is 60.4 Å². The van der Waals surface area contributed by atoms with Crippen LogP contribution in [0.15, 0.2) is 84.9 Å². The Bertz CT molecular complexity index is 1170. The molecule has 0 aliphatic heterocycles. The summed E-state index contributed by atoms with van der Waals surface area (Å²) >= 11 is 0. The topological polar surface area (TPSA) is 20.2 Å². The van der Waals surface area contributed by atoms with E-state index in [1.54, 1.807) is 12.1 Å². The molecule has 0 radical (unpaired) electrons. The van der Waals surface area contributed by atoms with Crippen molar-refractivity contribution in [2.45, 2.75) is 12.8 Å². The number of phenols is 1. The van der Waals surface area contributed by atoms with Crippen LogP contribution in [0.25, 0.3) is 10.8 Å². The molecular weight excluding hydrogens is 347 g/mol. The van der Waals surface area contributed by atoms with Crippen molar-refractivity contribution in [2.75, 3.05) is 0 Å². The highest BCUT2D eigenvalue weighted by Gasteiger charge is 2.06. The Morgan fingerprint density at radius 3 is 2.32 bits per heavy atom. The lowest BCUT2D eigenvalue weighted by Gasteiger charge is -2.08. The smallest absolute Gasteiger partial charge is 0.123 e. The number of hydrogen-bond acceptors (Lipinski definition) is 1. The van der Waals surface area contributed by atoms with E-state index in [9.17, 15) is 9.50 Å². The van der Waals surface area contributed by atoms with Gasteiger partial charge in [0.05, 0.1) is 0 Å². The van der Waals surface area contributed by atoms with E-state index in [1.165, 1.54) is 12.1 Å². The van der Waals surface area contributed by atoms with Crippen molar-refractivity contribution in [3.63, 3.8) is 0 Å². The van der Waals surface area contributed by atoms with Gasteiger partial charge in [0.2, 0.25) is 0 Å². The first-order valence-electron chi connectivity index (χ1n) is 9.20. The van der Waals surface area contributed by atoms with Gasteiger partial charge in [0.1, 0.15) is 11.6 Å². The number of halogens is 1. The first kappa shape index (κ1) is 17.8. The molecule has 4 aromatic rings. The molecule has 0 aliphatic rings. The molecule has 28 heavy (non-hydrogen) atoms. The maximum atomic E-state index is 13.0. The Morgan fingerprint density at radius 2 is 1.54 bits per heavy atom. The lowest BCUT2D eigenvalue weighted by atomic mass is 9.99. The van der Waals surface area contributed by atoms with E-state index in [0.29, 0.717) is 18.6 Å². The van der Waals surface area contributed by atoms with Gasteiger partial charge < -0.3 is 5.11 Å². The van der Waals surface area contributed by atoms with Crippen LogP contribution in [0, 0.1) is 17.7 Å². The van der Waals surface area contributed by atoms with Gasteiger partial charge >= 0.3 is 0 Å². The third kappa shape index (κ3) is 4.22. The minimum absolute atomic E-state index is 0.235. The van der Waals surface area contributed by atoms with Crippen molar-refractivity contribution in [1.29, 1.82) is 0 Å². The maximum absolute atomic E-state index is 13.0. The van der Waals surface area contributed by atoms with Gasteiger partial charge in [-0.15, -0.1) is 0 Å². The first-order valence-corrected chi connectivity index (χ1v) is 9.20. The zero-order chi connectivity index (χ0) is 19.3. The summed E-state index contributed by atoms with van der Waals surface area (Å²) < 4.78 is 13.0. The molecular formula is C26H19FO. The normalized spacial score (nSPS) is 10.5. The third-order valence-corrected chi connectivity index (χ3v) is 4.71. The molecule has 0 amide bonds. The maximum Gasteiger partial charge on any atom is 0.123 e. The molecule has 0 aliphatic carbocycles. The van der Waals surface area contributed by atoms with Crippen molar-refractivity contribution < 1.29 is 9.50 Å². The second-order valence-electron chi connectivity index (χ2n) is 6.81. The fraction of sp³-hybridized carbons (Fsp3) is 0.0769. The fourth-order valence-corrected chi connectivity index (χ4v) is 3.22. The van der Waals surface area contributed by atoms with Crippen molar-refractivity contribution in [1.82, 2.24) is 0 Å². The summed E-state index contributed by atoms with van der Waals surface area (Å²) in [5.74, 6) is 6.40. The summed E-state index contributed by atoms with van der Waals surface area (Å²) in [5.41, 5.74) is 3.97. The molecule has 0 fully saturated rings. The van der Waals surface area contributed by atoms with Crippen LogP contribution >= 0.6 is 0 Å². The molecule has 1 nitrogen and oxygen atoms in total. The summed E-state index contributed by atoms with van der Waals surface area (Å²) in [5, 5.41) is 12.4. The van der Waals surface area contributed by atoms with Gasteiger partial charge in [-0.05, 0) is 63.9 Å². The van der Waals surface area contributed by atoms with Crippen LogP contribution in [0.3, 0.4) is 0 Å².